The molecular formula is C23H31ClN2O2S. The number of benzene rings is 2. The minimum Gasteiger partial charge on any atom is -0.380 e. The van der Waals surface area contributed by atoms with Crippen molar-refractivity contribution in [2.75, 3.05) is 18.4 Å². The Hall–Kier alpha value is -1.56. The van der Waals surface area contributed by atoms with Crippen molar-refractivity contribution in [3.63, 3.8) is 0 Å². The van der Waals surface area contributed by atoms with Gasteiger partial charge >= 0.3 is 0 Å². The molecule has 1 unspecified atom stereocenters. The molecule has 2 N–H and O–H groups in total. The van der Waals surface area contributed by atoms with E-state index in [1.807, 2.05) is 18.2 Å². The number of thiol groups is 1. The molecule has 29 heavy (non-hydrogen) atoms. The maximum absolute atomic E-state index is 11.5. The van der Waals surface area contributed by atoms with Crippen molar-refractivity contribution in [1.29, 1.82) is 0 Å². The number of nitrogens with one attached hydrogen (secondary N) is 2. The molecule has 0 spiro atoms. The molecule has 2 aromatic rings. The Labute approximate surface area is 181 Å². The van der Waals surface area contributed by atoms with Crippen LogP contribution in [0.5, 0.6) is 0 Å². The molecular weight excluding hydrogens is 404 g/mol. The standard InChI is InChI=1S/C23H31ClN2O2S/c1-16(2)13-20(29(27)28)14-17-3-5-18(6-4-17)15-26-23-21-10-12-25-11-9-19(21)7-8-22(23)24/h3-8,16,20,25-26,29H,9-15H2,1-2H3. The quantitative estimate of drug-likeness (QED) is 0.545. The van der Waals surface area contributed by atoms with Gasteiger partial charge in [-0.1, -0.05) is 55.8 Å². The Morgan fingerprint density at radius 2 is 1.72 bits per heavy atom. The summed E-state index contributed by atoms with van der Waals surface area (Å²) in [5.41, 5.74) is 5.93. The lowest BCUT2D eigenvalue weighted by atomic mass is 10.00. The van der Waals surface area contributed by atoms with Gasteiger partial charge in [0.25, 0.3) is 0 Å². The number of halogens is 1. The van der Waals surface area contributed by atoms with Crippen molar-refractivity contribution in [3.8, 4) is 0 Å². The minimum absolute atomic E-state index is 0.291. The lowest BCUT2D eigenvalue weighted by molar-refractivity contribution is 0.533. The van der Waals surface area contributed by atoms with Crippen molar-refractivity contribution in [2.45, 2.75) is 51.3 Å². The molecule has 0 amide bonds. The van der Waals surface area contributed by atoms with E-state index in [1.54, 1.807) is 0 Å². The maximum atomic E-state index is 11.5. The summed E-state index contributed by atoms with van der Waals surface area (Å²) in [4.78, 5) is 0. The molecule has 0 fully saturated rings. The van der Waals surface area contributed by atoms with Gasteiger partial charge in [0.05, 0.1) is 16.0 Å². The van der Waals surface area contributed by atoms with E-state index in [-0.39, 0.29) is 5.25 Å². The molecule has 0 radical (unpaired) electrons. The highest BCUT2D eigenvalue weighted by atomic mass is 35.5. The largest absolute Gasteiger partial charge is 0.380 e. The Morgan fingerprint density at radius 3 is 2.41 bits per heavy atom. The lowest BCUT2D eigenvalue weighted by Crippen LogP contribution is -2.16. The third-order valence-electron chi connectivity index (χ3n) is 5.49. The first kappa shape index (κ1) is 22.1. The predicted octanol–water partition coefficient (Wildman–Crippen LogP) is 4.21. The van der Waals surface area contributed by atoms with Gasteiger partial charge in [-0.15, -0.1) is 0 Å². The zero-order chi connectivity index (χ0) is 20.8. The fourth-order valence-electron chi connectivity index (χ4n) is 3.98. The highest BCUT2D eigenvalue weighted by Gasteiger charge is 2.16. The monoisotopic (exact) mass is 434 g/mol. The summed E-state index contributed by atoms with van der Waals surface area (Å²) in [6.07, 6.45) is 3.28. The molecule has 1 aliphatic heterocycles. The third kappa shape index (κ3) is 6.21. The molecule has 4 nitrogen and oxygen atoms in total. The molecule has 0 saturated heterocycles. The fraction of sp³-hybridized carbons (Fsp3) is 0.478. The summed E-state index contributed by atoms with van der Waals surface area (Å²) in [7, 11) is -2.41. The molecule has 6 heteroatoms. The highest BCUT2D eigenvalue weighted by Crippen LogP contribution is 2.31. The molecule has 1 aliphatic rings. The van der Waals surface area contributed by atoms with Crippen LogP contribution in [0.2, 0.25) is 5.02 Å². The summed E-state index contributed by atoms with van der Waals surface area (Å²) < 4.78 is 23.1. The van der Waals surface area contributed by atoms with Gasteiger partial charge in [0.1, 0.15) is 10.7 Å². The molecule has 158 valence electrons. The van der Waals surface area contributed by atoms with Crippen molar-refractivity contribution in [2.24, 2.45) is 5.92 Å². The Morgan fingerprint density at radius 1 is 1.03 bits per heavy atom. The van der Waals surface area contributed by atoms with Gasteiger partial charge < -0.3 is 10.6 Å². The van der Waals surface area contributed by atoms with Gasteiger partial charge in [0.15, 0.2) is 0 Å². The second-order valence-electron chi connectivity index (χ2n) is 8.25. The van der Waals surface area contributed by atoms with Crippen LogP contribution in [0.3, 0.4) is 0 Å². The zero-order valence-corrected chi connectivity index (χ0v) is 18.9. The smallest absolute Gasteiger partial charge is 0.143 e. The van der Waals surface area contributed by atoms with Gasteiger partial charge in [-0.25, -0.2) is 8.42 Å². The number of hydrogen-bond acceptors (Lipinski definition) is 4. The Bertz CT molecular complexity index is 886. The molecule has 2 aromatic carbocycles. The number of anilines is 1. The molecule has 0 saturated carbocycles. The summed E-state index contributed by atoms with van der Waals surface area (Å²) in [6.45, 7) is 6.78. The van der Waals surface area contributed by atoms with E-state index in [1.165, 1.54) is 11.1 Å². The zero-order valence-electron chi connectivity index (χ0n) is 17.2. The normalized spacial score (nSPS) is 15.2. The van der Waals surface area contributed by atoms with Crippen molar-refractivity contribution in [1.82, 2.24) is 5.32 Å². The van der Waals surface area contributed by atoms with Gasteiger partial charge in [0.2, 0.25) is 0 Å². The van der Waals surface area contributed by atoms with E-state index in [0.29, 0.717) is 25.3 Å². The van der Waals surface area contributed by atoms with E-state index in [4.69, 9.17) is 11.6 Å². The average molecular weight is 435 g/mol. The summed E-state index contributed by atoms with van der Waals surface area (Å²) in [5, 5.41) is 7.45. The van der Waals surface area contributed by atoms with Crippen LogP contribution in [0.15, 0.2) is 36.4 Å². The average Bonchev–Trinajstić information content (AvgIpc) is 2.93. The Balaban J connectivity index is 1.67. The van der Waals surface area contributed by atoms with Gasteiger partial charge in [-0.05, 0) is 73.0 Å². The molecule has 0 bridgehead atoms. The van der Waals surface area contributed by atoms with Crippen molar-refractivity contribution < 1.29 is 8.42 Å². The predicted molar refractivity (Wildman–Crippen MR) is 123 cm³/mol. The second kappa shape index (κ2) is 10.5. The first-order valence-corrected chi connectivity index (χ1v) is 12.0. The van der Waals surface area contributed by atoms with Crippen LogP contribution in [-0.4, -0.2) is 26.8 Å². The maximum Gasteiger partial charge on any atom is 0.143 e. The summed E-state index contributed by atoms with van der Waals surface area (Å²) >= 11 is 6.49. The van der Waals surface area contributed by atoms with E-state index in [2.05, 4.69) is 42.7 Å². The molecule has 3 rings (SSSR count). The Kier molecular flexibility index (Phi) is 7.99. The highest BCUT2D eigenvalue weighted by molar-refractivity contribution is 7.73. The first-order chi connectivity index (χ1) is 13.9. The number of hydrogen-bond donors (Lipinski definition) is 3. The van der Waals surface area contributed by atoms with Gasteiger partial charge in [-0.3, -0.25) is 0 Å². The topological polar surface area (TPSA) is 58.2 Å². The van der Waals surface area contributed by atoms with Gasteiger partial charge in [0, 0.05) is 6.54 Å². The summed E-state index contributed by atoms with van der Waals surface area (Å²) in [5.74, 6) is 0.373. The summed E-state index contributed by atoms with van der Waals surface area (Å²) in [6, 6.07) is 12.4. The number of fused-ring (bicyclic) bond motifs is 1. The van der Waals surface area contributed by atoms with Crippen LogP contribution in [0.25, 0.3) is 0 Å². The van der Waals surface area contributed by atoms with Crippen LogP contribution in [0.4, 0.5) is 5.69 Å². The molecule has 0 aromatic heterocycles. The van der Waals surface area contributed by atoms with Crippen LogP contribution < -0.4 is 10.6 Å². The lowest BCUT2D eigenvalue weighted by Gasteiger charge is -2.17. The van der Waals surface area contributed by atoms with Crippen LogP contribution in [0.1, 0.15) is 42.5 Å². The van der Waals surface area contributed by atoms with Crippen LogP contribution in [0, 0.1) is 5.92 Å². The first-order valence-electron chi connectivity index (χ1n) is 10.4. The van der Waals surface area contributed by atoms with E-state index in [9.17, 15) is 8.42 Å². The molecule has 1 atom stereocenters. The molecule has 1 heterocycles. The van der Waals surface area contributed by atoms with E-state index in [0.717, 1.165) is 47.8 Å². The van der Waals surface area contributed by atoms with Crippen molar-refractivity contribution in [3.05, 3.63) is 63.7 Å². The number of rotatable bonds is 8. The van der Waals surface area contributed by atoms with Crippen molar-refractivity contribution >= 4 is 28.0 Å². The fourth-order valence-corrected chi connectivity index (χ4v) is 5.18. The minimum atomic E-state index is -2.41. The second-order valence-corrected chi connectivity index (χ2v) is 9.96. The van der Waals surface area contributed by atoms with Gasteiger partial charge in [-0.2, -0.15) is 0 Å². The van der Waals surface area contributed by atoms with E-state index < -0.39 is 10.7 Å². The third-order valence-corrected chi connectivity index (χ3v) is 6.79. The molecule has 0 aliphatic carbocycles. The van der Waals surface area contributed by atoms with E-state index >= 15 is 0 Å². The van der Waals surface area contributed by atoms with Crippen LogP contribution in [-0.2, 0) is 36.5 Å². The van der Waals surface area contributed by atoms with Crippen LogP contribution >= 0.6 is 11.6 Å². The SMILES string of the molecule is CC(C)CC(Cc1ccc(CNc2c(Cl)ccc3c2CCNCC3)cc1)[SH](=O)=O.